The first-order valence-electron chi connectivity index (χ1n) is 5.34. The SMILES string of the molecule is Cc1nnc(C2CC(F)(F)C2)n1C(C)C(=O)O. The van der Waals surface area contributed by atoms with Gasteiger partial charge in [-0.1, -0.05) is 0 Å². The highest BCUT2D eigenvalue weighted by atomic mass is 19.3. The summed E-state index contributed by atoms with van der Waals surface area (Å²) >= 11 is 0. The fourth-order valence-corrected chi connectivity index (χ4v) is 2.10. The molecule has 2 rings (SSSR count). The van der Waals surface area contributed by atoms with Crippen molar-refractivity contribution >= 4 is 5.97 Å². The highest BCUT2D eigenvalue weighted by Crippen LogP contribution is 2.48. The van der Waals surface area contributed by atoms with E-state index >= 15 is 0 Å². The van der Waals surface area contributed by atoms with Crippen LogP contribution >= 0.6 is 0 Å². The Morgan fingerprint density at radius 3 is 2.59 bits per heavy atom. The molecule has 1 aromatic heterocycles. The first kappa shape index (κ1) is 11.9. The van der Waals surface area contributed by atoms with E-state index in [1.165, 1.54) is 11.5 Å². The number of alkyl halides is 2. The first-order chi connectivity index (χ1) is 7.82. The van der Waals surface area contributed by atoms with E-state index in [-0.39, 0.29) is 12.8 Å². The van der Waals surface area contributed by atoms with E-state index in [9.17, 15) is 13.6 Å². The number of aliphatic carboxylic acids is 1. The fourth-order valence-electron chi connectivity index (χ4n) is 2.10. The molecule has 1 fully saturated rings. The maximum atomic E-state index is 12.8. The van der Waals surface area contributed by atoms with E-state index in [1.54, 1.807) is 6.92 Å². The predicted molar refractivity (Wildman–Crippen MR) is 54.0 cm³/mol. The van der Waals surface area contributed by atoms with Crippen LogP contribution in [0.2, 0.25) is 0 Å². The van der Waals surface area contributed by atoms with Crippen molar-refractivity contribution in [3.8, 4) is 0 Å². The summed E-state index contributed by atoms with van der Waals surface area (Å²) in [4.78, 5) is 10.9. The van der Waals surface area contributed by atoms with Crippen molar-refractivity contribution < 1.29 is 18.7 Å². The van der Waals surface area contributed by atoms with Crippen LogP contribution < -0.4 is 0 Å². The third kappa shape index (κ3) is 2.01. The molecule has 0 radical (unpaired) electrons. The Morgan fingerprint density at radius 2 is 2.12 bits per heavy atom. The van der Waals surface area contributed by atoms with Gasteiger partial charge in [0.1, 0.15) is 17.7 Å². The number of aromatic nitrogens is 3. The lowest BCUT2D eigenvalue weighted by Gasteiger charge is -2.34. The van der Waals surface area contributed by atoms with Gasteiger partial charge in [0.15, 0.2) is 0 Å². The molecule has 0 aliphatic heterocycles. The molecule has 1 aliphatic rings. The number of carboxylic acid groups (broad SMARTS) is 1. The first-order valence-corrected chi connectivity index (χ1v) is 5.34. The van der Waals surface area contributed by atoms with Gasteiger partial charge < -0.3 is 9.67 Å². The van der Waals surface area contributed by atoms with Crippen LogP contribution in [0.25, 0.3) is 0 Å². The average Bonchev–Trinajstić information content (AvgIpc) is 2.55. The molecule has 0 bridgehead atoms. The summed E-state index contributed by atoms with van der Waals surface area (Å²) in [6, 6.07) is -0.839. The normalized spacial score (nSPS) is 20.9. The molecule has 1 N–H and O–H groups in total. The Bertz CT molecular complexity index is 450. The molecule has 1 heterocycles. The van der Waals surface area contributed by atoms with Crippen molar-refractivity contribution in [2.75, 3.05) is 0 Å². The van der Waals surface area contributed by atoms with Crippen LogP contribution in [-0.2, 0) is 4.79 Å². The number of halogens is 2. The number of aryl methyl sites for hydroxylation is 1. The van der Waals surface area contributed by atoms with Crippen LogP contribution in [-0.4, -0.2) is 31.8 Å². The Labute approximate surface area is 96.5 Å². The Morgan fingerprint density at radius 1 is 1.53 bits per heavy atom. The summed E-state index contributed by atoms with van der Waals surface area (Å²) in [6.07, 6.45) is -0.561. The van der Waals surface area contributed by atoms with Crippen molar-refractivity contribution in [2.45, 2.75) is 44.6 Å². The summed E-state index contributed by atoms with van der Waals surface area (Å²) in [7, 11) is 0. The zero-order chi connectivity index (χ0) is 12.8. The van der Waals surface area contributed by atoms with Crippen molar-refractivity contribution in [1.29, 1.82) is 0 Å². The minimum atomic E-state index is -2.65. The van der Waals surface area contributed by atoms with Crippen molar-refractivity contribution in [1.82, 2.24) is 14.8 Å². The molecule has 5 nitrogen and oxygen atoms in total. The van der Waals surface area contributed by atoms with Gasteiger partial charge in [-0.05, 0) is 13.8 Å². The van der Waals surface area contributed by atoms with Crippen molar-refractivity contribution in [2.24, 2.45) is 0 Å². The van der Waals surface area contributed by atoms with Gasteiger partial charge in [-0.2, -0.15) is 0 Å². The standard InChI is InChI=1S/C10H13F2N3O2/c1-5(9(16)17)15-6(2)13-14-8(15)7-3-10(11,12)4-7/h5,7H,3-4H2,1-2H3,(H,16,17). The largest absolute Gasteiger partial charge is 0.480 e. The molecule has 0 spiro atoms. The zero-order valence-electron chi connectivity index (χ0n) is 9.52. The third-order valence-electron chi connectivity index (χ3n) is 3.09. The van der Waals surface area contributed by atoms with E-state index in [0.29, 0.717) is 11.6 Å². The Kier molecular flexibility index (Phi) is 2.63. The molecule has 7 heteroatoms. The second kappa shape index (κ2) is 3.75. The summed E-state index contributed by atoms with van der Waals surface area (Å²) in [5.74, 6) is -3.29. The minimum absolute atomic E-state index is 0.280. The molecule has 0 aromatic carbocycles. The Hall–Kier alpha value is -1.53. The molecular weight excluding hydrogens is 232 g/mol. The third-order valence-corrected chi connectivity index (χ3v) is 3.09. The zero-order valence-corrected chi connectivity index (χ0v) is 9.52. The number of hydrogen-bond donors (Lipinski definition) is 1. The summed E-state index contributed by atoms with van der Waals surface area (Å²) in [6.45, 7) is 3.10. The summed E-state index contributed by atoms with van der Waals surface area (Å²) in [5, 5.41) is 16.6. The van der Waals surface area contributed by atoms with Gasteiger partial charge in [-0.15, -0.1) is 10.2 Å². The summed E-state index contributed by atoms with van der Waals surface area (Å²) in [5.41, 5.74) is 0. The summed E-state index contributed by atoms with van der Waals surface area (Å²) < 4.78 is 27.0. The predicted octanol–water partition coefficient (Wildman–Crippen LogP) is 1.74. The average molecular weight is 245 g/mol. The molecule has 0 saturated heterocycles. The topological polar surface area (TPSA) is 68.0 Å². The maximum absolute atomic E-state index is 12.8. The van der Waals surface area contributed by atoms with Crippen LogP contribution in [0.3, 0.4) is 0 Å². The molecule has 1 aromatic rings. The number of hydrogen-bond acceptors (Lipinski definition) is 3. The monoisotopic (exact) mass is 245 g/mol. The number of nitrogens with zero attached hydrogens (tertiary/aromatic N) is 3. The van der Waals surface area contributed by atoms with Gasteiger partial charge in [-0.3, -0.25) is 0 Å². The van der Waals surface area contributed by atoms with E-state index < -0.39 is 23.9 Å². The van der Waals surface area contributed by atoms with Gasteiger partial charge in [0.25, 0.3) is 0 Å². The molecule has 94 valence electrons. The second-order valence-electron chi connectivity index (χ2n) is 4.45. The molecule has 1 atom stereocenters. The van der Waals surface area contributed by atoms with Crippen LogP contribution in [0, 0.1) is 6.92 Å². The fraction of sp³-hybridized carbons (Fsp3) is 0.700. The van der Waals surface area contributed by atoms with Crippen molar-refractivity contribution in [3.63, 3.8) is 0 Å². The molecular formula is C10H13F2N3O2. The van der Waals surface area contributed by atoms with Gasteiger partial charge in [-0.25, -0.2) is 13.6 Å². The lowest BCUT2D eigenvalue weighted by molar-refractivity contribution is -0.140. The van der Waals surface area contributed by atoms with Gasteiger partial charge in [0.2, 0.25) is 5.92 Å². The van der Waals surface area contributed by atoms with Crippen LogP contribution in [0.5, 0.6) is 0 Å². The minimum Gasteiger partial charge on any atom is -0.480 e. The van der Waals surface area contributed by atoms with Gasteiger partial charge in [0.05, 0.1) is 0 Å². The number of carbonyl (C=O) groups is 1. The highest BCUT2D eigenvalue weighted by molar-refractivity contribution is 5.71. The van der Waals surface area contributed by atoms with Crippen molar-refractivity contribution in [3.05, 3.63) is 11.6 Å². The maximum Gasteiger partial charge on any atom is 0.326 e. The van der Waals surface area contributed by atoms with Crippen LogP contribution in [0.1, 0.15) is 43.4 Å². The van der Waals surface area contributed by atoms with E-state index in [2.05, 4.69) is 10.2 Å². The van der Waals surface area contributed by atoms with Gasteiger partial charge >= 0.3 is 5.97 Å². The van der Waals surface area contributed by atoms with Gasteiger partial charge in [0, 0.05) is 18.8 Å². The molecule has 0 amide bonds. The molecule has 1 aliphatic carbocycles. The highest BCUT2D eigenvalue weighted by Gasteiger charge is 2.48. The Balaban J connectivity index is 2.28. The number of rotatable bonds is 3. The lowest BCUT2D eigenvalue weighted by Crippen LogP contribution is -2.36. The van der Waals surface area contributed by atoms with E-state index in [1.807, 2.05) is 0 Å². The van der Waals surface area contributed by atoms with E-state index in [0.717, 1.165) is 0 Å². The molecule has 17 heavy (non-hydrogen) atoms. The molecule has 1 unspecified atom stereocenters. The van der Waals surface area contributed by atoms with E-state index in [4.69, 9.17) is 5.11 Å². The molecule has 1 saturated carbocycles. The number of carboxylic acids is 1. The second-order valence-corrected chi connectivity index (χ2v) is 4.45. The van der Waals surface area contributed by atoms with Crippen LogP contribution in [0.4, 0.5) is 8.78 Å². The lowest BCUT2D eigenvalue weighted by atomic mass is 9.80. The smallest absolute Gasteiger partial charge is 0.326 e. The quantitative estimate of drug-likeness (QED) is 0.880. The van der Waals surface area contributed by atoms with Crippen LogP contribution in [0.15, 0.2) is 0 Å².